The Hall–Kier alpha value is -2.47. The van der Waals surface area contributed by atoms with Gasteiger partial charge in [-0.05, 0) is 36.6 Å². The lowest BCUT2D eigenvalue weighted by Crippen LogP contribution is -2.14. The molecule has 0 unspecified atom stereocenters. The average molecular weight is 392 g/mol. The summed E-state index contributed by atoms with van der Waals surface area (Å²) in [5.74, 6) is 1.52. The number of carbonyl (C=O) groups is 1. The van der Waals surface area contributed by atoms with E-state index in [1.807, 2.05) is 25.1 Å². The Labute approximate surface area is 165 Å². The van der Waals surface area contributed by atoms with Crippen LogP contribution < -0.4 is 19.7 Å². The van der Waals surface area contributed by atoms with E-state index >= 15 is 0 Å². The zero-order chi connectivity index (χ0) is 20.0. The van der Waals surface area contributed by atoms with Gasteiger partial charge in [-0.3, -0.25) is 4.79 Å². The van der Waals surface area contributed by atoms with Gasteiger partial charge in [0.1, 0.15) is 5.82 Å². The van der Waals surface area contributed by atoms with Crippen molar-refractivity contribution < 1.29 is 14.3 Å². The zero-order valence-corrected chi connectivity index (χ0v) is 17.1. The second kappa shape index (κ2) is 9.46. The first-order chi connectivity index (χ1) is 12.8. The minimum Gasteiger partial charge on any atom is -0.493 e. The van der Waals surface area contributed by atoms with Gasteiger partial charge in [0.05, 0.1) is 30.6 Å². The normalized spacial score (nSPS) is 10.6. The molecule has 0 aliphatic rings. The summed E-state index contributed by atoms with van der Waals surface area (Å²) in [7, 11) is 5.37. The molecule has 0 atom stereocenters. The highest BCUT2D eigenvalue weighted by molar-refractivity contribution is 6.32. The van der Waals surface area contributed by atoms with Crippen molar-refractivity contribution in [2.75, 3.05) is 38.0 Å². The Morgan fingerprint density at radius 1 is 1.30 bits per heavy atom. The molecular weight excluding hydrogens is 366 g/mol. The second-order valence-electron chi connectivity index (χ2n) is 6.77. The maximum atomic E-state index is 12.6. The van der Waals surface area contributed by atoms with Crippen LogP contribution in [0.1, 0.15) is 30.6 Å². The molecule has 0 saturated carbocycles. The number of halogens is 1. The summed E-state index contributed by atoms with van der Waals surface area (Å²) in [4.78, 5) is 18.7. The molecule has 0 spiro atoms. The van der Waals surface area contributed by atoms with Gasteiger partial charge in [0.25, 0.3) is 5.91 Å². The molecule has 0 bridgehead atoms. The van der Waals surface area contributed by atoms with Gasteiger partial charge in [0.15, 0.2) is 11.5 Å². The Kier molecular flexibility index (Phi) is 7.30. The van der Waals surface area contributed by atoms with Gasteiger partial charge in [0.2, 0.25) is 0 Å². The van der Waals surface area contributed by atoms with Gasteiger partial charge in [-0.2, -0.15) is 0 Å². The van der Waals surface area contributed by atoms with E-state index in [1.165, 1.54) is 7.11 Å². The molecule has 1 aromatic carbocycles. The first-order valence-electron chi connectivity index (χ1n) is 8.77. The van der Waals surface area contributed by atoms with Crippen LogP contribution in [0.5, 0.6) is 11.5 Å². The third-order valence-corrected chi connectivity index (χ3v) is 4.22. The molecule has 0 saturated heterocycles. The quantitative estimate of drug-likeness (QED) is 0.718. The monoisotopic (exact) mass is 391 g/mol. The molecule has 1 aromatic heterocycles. The molecule has 0 aliphatic heterocycles. The summed E-state index contributed by atoms with van der Waals surface area (Å²) in [5, 5.41) is 3.09. The van der Waals surface area contributed by atoms with Crippen molar-refractivity contribution in [2.24, 2.45) is 5.92 Å². The molecule has 1 heterocycles. The zero-order valence-electron chi connectivity index (χ0n) is 16.4. The minimum atomic E-state index is -0.325. The fourth-order valence-electron chi connectivity index (χ4n) is 2.30. The first-order valence-corrected chi connectivity index (χ1v) is 9.14. The molecule has 2 aromatic rings. The molecule has 27 heavy (non-hydrogen) atoms. The van der Waals surface area contributed by atoms with Gasteiger partial charge < -0.3 is 19.7 Å². The molecule has 0 aliphatic carbocycles. The smallest absolute Gasteiger partial charge is 0.257 e. The summed E-state index contributed by atoms with van der Waals surface area (Å²) in [5.41, 5.74) is 1.31. The number of anilines is 2. The highest BCUT2D eigenvalue weighted by Gasteiger charge is 2.16. The molecule has 1 amide bonds. The molecule has 1 N–H and O–H groups in total. The van der Waals surface area contributed by atoms with Crippen molar-refractivity contribution >= 4 is 29.0 Å². The number of hydrogen-bond donors (Lipinski definition) is 1. The third kappa shape index (κ3) is 5.76. The Morgan fingerprint density at radius 2 is 2.04 bits per heavy atom. The van der Waals surface area contributed by atoms with Crippen LogP contribution >= 0.6 is 11.6 Å². The molecule has 0 radical (unpaired) electrons. The molecule has 146 valence electrons. The predicted octanol–water partition coefficient (Wildman–Crippen LogP) is 4.49. The van der Waals surface area contributed by atoms with E-state index in [0.29, 0.717) is 40.4 Å². The van der Waals surface area contributed by atoms with Crippen molar-refractivity contribution in [3.63, 3.8) is 0 Å². The Balaban J connectivity index is 2.15. The largest absolute Gasteiger partial charge is 0.493 e. The number of nitrogens with zero attached hydrogens (tertiary/aromatic N) is 2. The van der Waals surface area contributed by atoms with E-state index in [9.17, 15) is 4.79 Å². The van der Waals surface area contributed by atoms with Crippen LogP contribution in [0.4, 0.5) is 11.5 Å². The lowest BCUT2D eigenvalue weighted by atomic mass is 10.1. The highest BCUT2D eigenvalue weighted by atomic mass is 35.5. The summed E-state index contributed by atoms with van der Waals surface area (Å²) >= 11 is 6.33. The molecule has 2 rings (SSSR count). The van der Waals surface area contributed by atoms with Gasteiger partial charge in [-0.15, -0.1) is 0 Å². The maximum absolute atomic E-state index is 12.6. The first kappa shape index (κ1) is 20.8. The lowest BCUT2D eigenvalue weighted by molar-refractivity contribution is 0.102. The Morgan fingerprint density at radius 3 is 2.59 bits per heavy atom. The van der Waals surface area contributed by atoms with Gasteiger partial charge in [0, 0.05) is 19.7 Å². The van der Waals surface area contributed by atoms with Crippen molar-refractivity contribution in [2.45, 2.75) is 20.3 Å². The highest BCUT2D eigenvalue weighted by Crippen LogP contribution is 2.36. The summed E-state index contributed by atoms with van der Waals surface area (Å²) in [6.45, 7) is 4.77. The summed E-state index contributed by atoms with van der Waals surface area (Å²) in [6.07, 6.45) is 2.59. The summed E-state index contributed by atoms with van der Waals surface area (Å²) in [6, 6.07) is 6.80. The number of pyridine rings is 1. The standard InChI is InChI=1S/C20H26ClN3O3/c1-13(2)8-9-27-19-16(21)10-14(11-17(19)26-5)20(25)23-18-7-6-15(12-22-18)24(3)4/h6-7,10-13H,8-9H2,1-5H3,(H,22,23,25). The Bertz CT molecular complexity index is 777. The number of carbonyl (C=O) groups excluding carboxylic acids is 1. The van der Waals surface area contributed by atoms with Crippen molar-refractivity contribution in [3.8, 4) is 11.5 Å². The van der Waals surface area contributed by atoms with Crippen LogP contribution in [-0.2, 0) is 0 Å². The molecule has 0 fully saturated rings. The van der Waals surface area contributed by atoms with E-state index in [2.05, 4.69) is 24.1 Å². The van der Waals surface area contributed by atoms with E-state index in [1.54, 1.807) is 24.4 Å². The topological polar surface area (TPSA) is 63.7 Å². The van der Waals surface area contributed by atoms with Crippen molar-refractivity contribution in [1.29, 1.82) is 0 Å². The number of amides is 1. The number of ether oxygens (including phenoxy) is 2. The van der Waals surface area contributed by atoms with Crippen LogP contribution in [0.25, 0.3) is 0 Å². The van der Waals surface area contributed by atoms with E-state index in [-0.39, 0.29) is 5.91 Å². The minimum absolute atomic E-state index is 0.325. The van der Waals surface area contributed by atoms with Crippen LogP contribution in [0.15, 0.2) is 30.5 Å². The van der Waals surface area contributed by atoms with Gasteiger partial charge in [-0.25, -0.2) is 4.98 Å². The summed E-state index contributed by atoms with van der Waals surface area (Å²) < 4.78 is 11.1. The van der Waals surface area contributed by atoms with Crippen LogP contribution in [0.3, 0.4) is 0 Å². The van der Waals surface area contributed by atoms with E-state index in [0.717, 1.165) is 12.1 Å². The third-order valence-electron chi connectivity index (χ3n) is 3.94. The average Bonchev–Trinajstić information content (AvgIpc) is 2.62. The SMILES string of the molecule is COc1cc(C(=O)Nc2ccc(N(C)C)cn2)cc(Cl)c1OCCC(C)C. The number of hydrogen-bond acceptors (Lipinski definition) is 5. The maximum Gasteiger partial charge on any atom is 0.257 e. The lowest BCUT2D eigenvalue weighted by Gasteiger charge is -2.15. The van der Waals surface area contributed by atoms with Crippen molar-refractivity contribution in [1.82, 2.24) is 4.98 Å². The van der Waals surface area contributed by atoms with Crippen LogP contribution in [0.2, 0.25) is 5.02 Å². The number of benzene rings is 1. The van der Waals surface area contributed by atoms with Gasteiger partial charge in [-0.1, -0.05) is 25.4 Å². The number of nitrogens with one attached hydrogen (secondary N) is 1. The van der Waals surface area contributed by atoms with E-state index < -0.39 is 0 Å². The predicted molar refractivity (Wildman–Crippen MR) is 109 cm³/mol. The van der Waals surface area contributed by atoms with Gasteiger partial charge >= 0.3 is 0 Å². The van der Waals surface area contributed by atoms with Crippen molar-refractivity contribution in [3.05, 3.63) is 41.0 Å². The van der Waals surface area contributed by atoms with Crippen LogP contribution in [-0.4, -0.2) is 38.7 Å². The fourth-order valence-corrected chi connectivity index (χ4v) is 2.57. The molecule has 6 nitrogen and oxygen atoms in total. The number of methoxy groups -OCH3 is 1. The molecular formula is C20H26ClN3O3. The number of aromatic nitrogens is 1. The second-order valence-corrected chi connectivity index (χ2v) is 7.18. The van der Waals surface area contributed by atoms with E-state index in [4.69, 9.17) is 21.1 Å². The molecule has 7 heteroatoms. The van der Waals surface area contributed by atoms with Crippen LogP contribution in [0, 0.1) is 5.92 Å². The fraction of sp³-hybridized carbons (Fsp3) is 0.400. The number of rotatable bonds is 8.